The molecule has 1 atom stereocenters. The topological polar surface area (TPSA) is 51.5 Å². The Kier molecular flexibility index (Phi) is 4.27. The molecule has 1 aromatic heterocycles. The van der Waals surface area contributed by atoms with Gasteiger partial charge in [-0.15, -0.1) is 0 Å². The summed E-state index contributed by atoms with van der Waals surface area (Å²) in [5.74, 6) is 0.299. The van der Waals surface area contributed by atoms with Crippen molar-refractivity contribution >= 4 is 45.1 Å². The van der Waals surface area contributed by atoms with E-state index in [0.717, 1.165) is 21.9 Å². The number of anilines is 1. The molecule has 3 aromatic carbocycles. The largest absolute Gasteiger partial charge is 0.481 e. The highest BCUT2D eigenvalue weighted by Crippen LogP contribution is 2.30. The van der Waals surface area contributed by atoms with Crippen molar-refractivity contribution in [2.75, 3.05) is 5.32 Å². The van der Waals surface area contributed by atoms with E-state index in [2.05, 4.69) is 5.32 Å². The molecule has 0 aliphatic heterocycles. The quantitative estimate of drug-likeness (QED) is 0.508. The van der Waals surface area contributed by atoms with Gasteiger partial charge in [-0.05, 0) is 43.3 Å². The Morgan fingerprint density at radius 3 is 2.65 bits per heavy atom. The summed E-state index contributed by atoms with van der Waals surface area (Å²) in [5.41, 5.74) is 2.21. The van der Waals surface area contributed by atoms with Gasteiger partial charge in [0.05, 0.1) is 0 Å². The molecule has 1 amide bonds. The summed E-state index contributed by atoms with van der Waals surface area (Å²) >= 11 is 5.94. The number of benzene rings is 3. The second-order valence-electron chi connectivity index (χ2n) is 6.02. The number of rotatable bonds is 4. The van der Waals surface area contributed by atoms with Crippen molar-refractivity contribution in [1.82, 2.24) is 0 Å². The van der Waals surface area contributed by atoms with Crippen LogP contribution in [0.15, 0.2) is 71.1 Å². The van der Waals surface area contributed by atoms with Gasteiger partial charge in [0.2, 0.25) is 0 Å². The molecular weight excluding hydrogens is 350 g/mol. The summed E-state index contributed by atoms with van der Waals surface area (Å²) in [5, 5.41) is 5.49. The number of carbonyl (C=O) groups is 1. The molecule has 0 aliphatic rings. The second-order valence-corrected chi connectivity index (χ2v) is 6.45. The van der Waals surface area contributed by atoms with E-state index in [4.69, 9.17) is 20.8 Å². The average Bonchev–Trinajstić information content (AvgIpc) is 2.99. The number of fused-ring (bicyclic) bond motifs is 3. The van der Waals surface area contributed by atoms with Gasteiger partial charge >= 0.3 is 0 Å². The molecule has 130 valence electrons. The SMILES string of the molecule is C[C@H](Oc1cccc(Cl)c1)C(=O)Nc1ccc2c(c1)oc1ccccc12. The summed E-state index contributed by atoms with van der Waals surface area (Å²) in [4.78, 5) is 12.4. The van der Waals surface area contributed by atoms with Crippen molar-refractivity contribution < 1.29 is 13.9 Å². The van der Waals surface area contributed by atoms with Gasteiger partial charge in [0, 0.05) is 27.5 Å². The van der Waals surface area contributed by atoms with Gasteiger partial charge in [0.15, 0.2) is 6.10 Å². The summed E-state index contributed by atoms with van der Waals surface area (Å²) in [7, 11) is 0. The van der Waals surface area contributed by atoms with Crippen LogP contribution in [0.25, 0.3) is 21.9 Å². The number of hydrogen-bond acceptors (Lipinski definition) is 3. The van der Waals surface area contributed by atoms with Gasteiger partial charge in [-0.1, -0.05) is 35.9 Å². The molecular formula is C21H16ClNO3. The standard InChI is InChI=1S/C21H16ClNO3/c1-13(25-16-6-4-5-14(22)11-16)21(24)23-15-9-10-18-17-7-2-3-8-19(17)26-20(18)12-15/h2-13H,1H3,(H,23,24)/t13-/m0/s1. The molecule has 0 saturated carbocycles. The van der Waals surface area contributed by atoms with Crippen LogP contribution in [-0.4, -0.2) is 12.0 Å². The minimum Gasteiger partial charge on any atom is -0.481 e. The van der Waals surface area contributed by atoms with Gasteiger partial charge in [-0.3, -0.25) is 4.79 Å². The maximum Gasteiger partial charge on any atom is 0.265 e. The molecule has 5 heteroatoms. The van der Waals surface area contributed by atoms with Crippen LogP contribution in [0.1, 0.15) is 6.92 Å². The van der Waals surface area contributed by atoms with E-state index in [1.54, 1.807) is 31.2 Å². The van der Waals surface area contributed by atoms with Gasteiger partial charge in [-0.2, -0.15) is 0 Å². The fourth-order valence-corrected chi connectivity index (χ4v) is 3.03. The van der Waals surface area contributed by atoms with E-state index in [1.807, 2.05) is 42.5 Å². The molecule has 0 aliphatic carbocycles. The third-order valence-electron chi connectivity index (χ3n) is 4.12. The Hall–Kier alpha value is -2.98. The van der Waals surface area contributed by atoms with Crippen LogP contribution in [0, 0.1) is 0 Å². The first-order valence-electron chi connectivity index (χ1n) is 8.24. The van der Waals surface area contributed by atoms with Gasteiger partial charge in [0.25, 0.3) is 5.91 Å². The summed E-state index contributed by atoms with van der Waals surface area (Å²) in [6.07, 6.45) is -0.667. The van der Waals surface area contributed by atoms with Crippen LogP contribution >= 0.6 is 11.6 Å². The third-order valence-corrected chi connectivity index (χ3v) is 4.36. The number of furan rings is 1. The molecule has 0 fully saturated rings. The number of carbonyl (C=O) groups excluding carboxylic acids is 1. The van der Waals surface area contributed by atoms with E-state index in [9.17, 15) is 4.79 Å². The van der Waals surface area contributed by atoms with Crippen LogP contribution in [0.2, 0.25) is 5.02 Å². The predicted octanol–water partition coefficient (Wildman–Crippen LogP) is 5.65. The van der Waals surface area contributed by atoms with Gasteiger partial charge in [0.1, 0.15) is 16.9 Å². The molecule has 4 nitrogen and oxygen atoms in total. The molecule has 26 heavy (non-hydrogen) atoms. The third kappa shape index (κ3) is 3.24. The highest BCUT2D eigenvalue weighted by Gasteiger charge is 2.16. The molecule has 0 saturated heterocycles. The fraction of sp³-hybridized carbons (Fsp3) is 0.0952. The molecule has 1 N–H and O–H groups in total. The van der Waals surface area contributed by atoms with E-state index in [0.29, 0.717) is 16.5 Å². The Balaban J connectivity index is 1.52. The zero-order chi connectivity index (χ0) is 18.1. The van der Waals surface area contributed by atoms with Crippen molar-refractivity contribution in [2.24, 2.45) is 0 Å². The number of hydrogen-bond donors (Lipinski definition) is 1. The molecule has 4 aromatic rings. The van der Waals surface area contributed by atoms with Crippen LogP contribution in [-0.2, 0) is 4.79 Å². The highest BCUT2D eigenvalue weighted by molar-refractivity contribution is 6.30. The number of para-hydroxylation sites is 1. The lowest BCUT2D eigenvalue weighted by atomic mass is 10.1. The first-order chi connectivity index (χ1) is 12.6. The Morgan fingerprint density at radius 2 is 1.81 bits per heavy atom. The van der Waals surface area contributed by atoms with E-state index < -0.39 is 6.10 Å². The van der Waals surface area contributed by atoms with Gasteiger partial charge in [-0.25, -0.2) is 0 Å². The number of halogens is 1. The Morgan fingerprint density at radius 1 is 1.00 bits per heavy atom. The summed E-state index contributed by atoms with van der Waals surface area (Å²) < 4.78 is 11.5. The highest BCUT2D eigenvalue weighted by atomic mass is 35.5. The number of amides is 1. The van der Waals surface area contributed by atoms with Crippen LogP contribution in [0.5, 0.6) is 5.75 Å². The predicted molar refractivity (Wildman–Crippen MR) is 104 cm³/mol. The molecule has 0 spiro atoms. The van der Waals surface area contributed by atoms with Gasteiger partial charge < -0.3 is 14.5 Å². The summed E-state index contributed by atoms with van der Waals surface area (Å²) in [6.45, 7) is 1.69. The Bertz CT molecular complexity index is 1100. The molecule has 0 unspecified atom stereocenters. The zero-order valence-electron chi connectivity index (χ0n) is 14.0. The van der Waals surface area contributed by atoms with E-state index >= 15 is 0 Å². The molecule has 0 bridgehead atoms. The number of nitrogens with one attached hydrogen (secondary N) is 1. The van der Waals surface area contributed by atoms with Crippen LogP contribution in [0.3, 0.4) is 0 Å². The van der Waals surface area contributed by atoms with E-state index in [-0.39, 0.29) is 5.91 Å². The lowest BCUT2D eigenvalue weighted by Gasteiger charge is -2.15. The average molecular weight is 366 g/mol. The monoisotopic (exact) mass is 365 g/mol. The lowest BCUT2D eigenvalue weighted by Crippen LogP contribution is -2.30. The molecule has 1 heterocycles. The lowest BCUT2D eigenvalue weighted by molar-refractivity contribution is -0.122. The normalized spacial score (nSPS) is 12.2. The smallest absolute Gasteiger partial charge is 0.265 e. The van der Waals surface area contributed by atoms with E-state index in [1.165, 1.54) is 0 Å². The summed E-state index contributed by atoms with van der Waals surface area (Å²) in [6, 6.07) is 20.4. The fourth-order valence-electron chi connectivity index (χ4n) is 2.85. The van der Waals surface area contributed by atoms with Crippen molar-refractivity contribution in [2.45, 2.75) is 13.0 Å². The van der Waals surface area contributed by atoms with Crippen molar-refractivity contribution in [3.05, 3.63) is 71.8 Å². The first kappa shape index (κ1) is 16.5. The minimum absolute atomic E-state index is 0.250. The number of ether oxygens (including phenoxy) is 1. The minimum atomic E-state index is -0.667. The maximum absolute atomic E-state index is 12.4. The van der Waals surface area contributed by atoms with Crippen molar-refractivity contribution in [1.29, 1.82) is 0 Å². The van der Waals surface area contributed by atoms with Crippen LogP contribution in [0.4, 0.5) is 5.69 Å². The van der Waals surface area contributed by atoms with Crippen LogP contribution < -0.4 is 10.1 Å². The first-order valence-corrected chi connectivity index (χ1v) is 8.62. The molecule has 4 rings (SSSR count). The zero-order valence-corrected chi connectivity index (χ0v) is 14.8. The second kappa shape index (κ2) is 6.73. The van der Waals surface area contributed by atoms with Crippen molar-refractivity contribution in [3.63, 3.8) is 0 Å². The molecule has 0 radical (unpaired) electrons. The van der Waals surface area contributed by atoms with Crippen molar-refractivity contribution in [3.8, 4) is 5.75 Å². The maximum atomic E-state index is 12.4. The Labute approximate surface area is 155 Å².